The summed E-state index contributed by atoms with van der Waals surface area (Å²) in [5.41, 5.74) is 2.36. The maximum absolute atomic E-state index is 6.22. The maximum Gasteiger partial charge on any atom is 0.146 e. The van der Waals surface area contributed by atoms with Gasteiger partial charge in [0.25, 0.3) is 0 Å². The van der Waals surface area contributed by atoms with E-state index >= 15 is 0 Å². The van der Waals surface area contributed by atoms with Crippen LogP contribution in [-0.2, 0) is 0 Å². The molecule has 0 saturated carbocycles. The molecule has 0 aliphatic rings. The molecule has 0 radical (unpaired) electrons. The van der Waals surface area contributed by atoms with Gasteiger partial charge in [-0.25, -0.2) is 0 Å². The van der Waals surface area contributed by atoms with Gasteiger partial charge in [-0.3, -0.25) is 0 Å². The van der Waals surface area contributed by atoms with Crippen LogP contribution in [0.5, 0.6) is 11.5 Å². The number of hydrogen-bond donors (Lipinski definition) is 1. The van der Waals surface area contributed by atoms with Crippen molar-refractivity contribution in [1.29, 1.82) is 0 Å². The first-order valence-corrected chi connectivity index (χ1v) is 7.79. The van der Waals surface area contributed by atoms with Crippen LogP contribution >= 0.6 is 11.6 Å². The molecule has 0 amide bonds. The van der Waals surface area contributed by atoms with Gasteiger partial charge >= 0.3 is 0 Å². The molecule has 0 aliphatic carbocycles. The van der Waals surface area contributed by atoms with Crippen molar-refractivity contribution in [2.75, 3.05) is 6.54 Å². The maximum atomic E-state index is 6.22. The monoisotopic (exact) mass is 303 g/mol. The minimum atomic E-state index is 0.354. The Morgan fingerprint density at radius 2 is 1.95 bits per heavy atom. The molecule has 0 fully saturated rings. The van der Waals surface area contributed by atoms with Gasteiger partial charge in [-0.05, 0) is 55.3 Å². The molecular formula is C18H22ClNO. The molecule has 21 heavy (non-hydrogen) atoms. The molecule has 2 nitrogen and oxygen atoms in total. The molecule has 112 valence electrons. The highest BCUT2D eigenvalue weighted by atomic mass is 35.5. The van der Waals surface area contributed by atoms with Crippen LogP contribution in [0.2, 0.25) is 5.02 Å². The molecule has 0 saturated heterocycles. The molecule has 3 heteroatoms. The van der Waals surface area contributed by atoms with Crippen molar-refractivity contribution in [3.63, 3.8) is 0 Å². The summed E-state index contributed by atoms with van der Waals surface area (Å²) in [6.45, 7) is 7.26. The zero-order chi connectivity index (χ0) is 15.2. The van der Waals surface area contributed by atoms with Crippen molar-refractivity contribution in [3.8, 4) is 11.5 Å². The second-order valence-electron chi connectivity index (χ2n) is 5.13. The van der Waals surface area contributed by atoms with Gasteiger partial charge in [-0.1, -0.05) is 43.6 Å². The molecule has 2 rings (SSSR count). The van der Waals surface area contributed by atoms with Crippen LogP contribution in [-0.4, -0.2) is 6.54 Å². The Morgan fingerprint density at radius 1 is 1.14 bits per heavy atom. The van der Waals surface area contributed by atoms with Crippen molar-refractivity contribution in [3.05, 3.63) is 58.6 Å². The average Bonchev–Trinajstić information content (AvgIpc) is 2.48. The predicted molar refractivity (Wildman–Crippen MR) is 89.4 cm³/mol. The van der Waals surface area contributed by atoms with Crippen molar-refractivity contribution in [2.24, 2.45) is 0 Å². The van der Waals surface area contributed by atoms with E-state index in [1.165, 1.54) is 5.56 Å². The van der Waals surface area contributed by atoms with Crippen LogP contribution in [0.4, 0.5) is 0 Å². The topological polar surface area (TPSA) is 21.3 Å². The van der Waals surface area contributed by atoms with Gasteiger partial charge in [0.1, 0.15) is 11.5 Å². The molecule has 2 aromatic rings. The molecule has 1 atom stereocenters. The second-order valence-corrected chi connectivity index (χ2v) is 5.53. The number of aryl methyl sites for hydroxylation is 1. The molecule has 0 bridgehead atoms. The van der Waals surface area contributed by atoms with Crippen LogP contribution in [0.1, 0.15) is 37.4 Å². The molecule has 0 heterocycles. The second kappa shape index (κ2) is 7.48. The fourth-order valence-electron chi connectivity index (χ4n) is 2.35. The van der Waals surface area contributed by atoms with E-state index in [1.807, 2.05) is 37.3 Å². The predicted octanol–water partition coefficient (Wildman–Crippen LogP) is 5.50. The lowest BCUT2D eigenvalue weighted by Crippen LogP contribution is -2.19. The van der Waals surface area contributed by atoms with Crippen molar-refractivity contribution in [2.45, 2.75) is 33.2 Å². The average molecular weight is 304 g/mol. The normalized spacial score (nSPS) is 12.2. The fourth-order valence-corrected chi connectivity index (χ4v) is 2.63. The van der Waals surface area contributed by atoms with Crippen molar-refractivity contribution in [1.82, 2.24) is 5.32 Å². The van der Waals surface area contributed by atoms with Gasteiger partial charge in [0.15, 0.2) is 0 Å². The van der Waals surface area contributed by atoms with E-state index in [0.717, 1.165) is 24.3 Å². The first kappa shape index (κ1) is 15.9. The lowest BCUT2D eigenvalue weighted by molar-refractivity contribution is 0.477. The molecule has 1 N–H and O–H groups in total. The summed E-state index contributed by atoms with van der Waals surface area (Å²) in [6, 6.07) is 14.4. The minimum absolute atomic E-state index is 0.354. The smallest absolute Gasteiger partial charge is 0.146 e. The van der Waals surface area contributed by atoms with E-state index < -0.39 is 0 Å². The first-order chi connectivity index (χ1) is 10.1. The number of benzene rings is 2. The van der Waals surface area contributed by atoms with E-state index in [9.17, 15) is 0 Å². The summed E-state index contributed by atoms with van der Waals surface area (Å²) in [5, 5.41) is 4.11. The van der Waals surface area contributed by atoms with Crippen LogP contribution in [0, 0.1) is 6.92 Å². The third kappa shape index (κ3) is 4.23. The highest BCUT2D eigenvalue weighted by Crippen LogP contribution is 2.31. The Balaban J connectivity index is 2.21. The number of nitrogens with one attached hydrogen (secondary N) is 1. The highest BCUT2D eigenvalue weighted by molar-refractivity contribution is 6.32. The zero-order valence-corrected chi connectivity index (χ0v) is 13.6. The highest BCUT2D eigenvalue weighted by Gasteiger charge is 2.09. The van der Waals surface area contributed by atoms with Gasteiger partial charge < -0.3 is 10.1 Å². The largest absolute Gasteiger partial charge is 0.456 e. The van der Waals surface area contributed by atoms with Crippen LogP contribution in [0.3, 0.4) is 0 Å². The van der Waals surface area contributed by atoms with E-state index in [2.05, 4.69) is 31.3 Å². The van der Waals surface area contributed by atoms with Gasteiger partial charge in [0, 0.05) is 6.04 Å². The zero-order valence-electron chi connectivity index (χ0n) is 12.8. The lowest BCUT2D eigenvalue weighted by atomic mass is 10.0. The summed E-state index contributed by atoms with van der Waals surface area (Å²) in [4.78, 5) is 0. The number of ether oxygens (including phenoxy) is 1. The molecule has 0 aromatic heterocycles. The molecular weight excluding hydrogens is 282 g/mol. The Labute approximate surface area is 132 Å². The molecule has 1 unspecified atom stereocenters. The number of rotatable bonds is 6. The van der Waals surface area contributed by atoms with Crippen LogP contribution in [0.15, 0.2) is 42.5 Å². The Kier molecular flexibility index (Phi) is 5.66. The third-order valence-electron chi connectivity index (χ3n) is 3.43. The van der Waals surface area contributed by atoms with Crippen LogP contribution < -0.4 is 10.1 Å². The van der Waals surface area contributed by atoms with Gasteiger partial charge in [-0.2, -0.15) is 0 Å². The van der Waals surface area contributed by atoms with E-state index in [0.29, 0.717) is 16.8 Å². The number of halogens is 1. The van der Waals surface area contributed by atoms with Crippen molar-refractivity contribution >= 4 is 11.6 Å². The number of hydrogen-bond acceptors (Lipinski definition) is 2. The lowest BCUT2D eigenvalue weighted by Gasteiger charge is -2.17. The van der Waals surface area contributed by atoms with Gasteiger partial charge in [0.05, 0.1) is 5.02 Å². The summed E-state index contributed by atoms with van der Waals surface area (Å²) in [6.07, 6.45) is 1.04. The first-order valence-electron chi connectivity index (χ1n) is 7.41. The molecule has 0 spiro atoms. The quantitative estimate of drug-likeness (QED) is 0.760. The van der Waals surface area contributed by atoms with E-state index in [-0.39, 0.29) is 0 Å². The van der Waals surface area contributed by atoms with Crippen molar-refractivity contribution < 1.29 is 4.74 Å². The standard InChI is InChI=1S/C18H22ClNO/c1-4-17(20-5-2)14-7-6-8-15(12-14)21-18-10-9-13(3)11-16(18)19/h6-12,17,20H,4-5H2,1-3H3. The summed E-state index contributed by atoms with van der Waals surface area (Å²) in [5.74, 6) is 1.51. The van der Waals surface area contributed by atoms with E-state index in [4.69, 9.17) is 16.3 Å². The Morgan fingerprint density at radius 3 is 2.62 bits per heavy atom. The Hall–Kier alpha value is -1.51. The third-order valence-corrected chi connectivity index (χ3v) is 3.73. The SMILES string of the molecule is CCNC(CC)c1cccc(Oc2ccc(C)cc2Cl)c1. The van der Waals surface area contributed by atoms with Gasteiger partial charge in [0.2, 0.25) is 0 Å². The fraction of sp³-hybridized carbons (Fsp3) is 0.333. The molecule has 2 aromatic carbocycles. The van der Waals surface area contributed by atoms with Crippen LogP contribution in [0.25, 0.3) is 0 Å². The minimum Gasteiger partial charge on any atom is -0.456 e. The summed E-state index contributed by atoms with van der Waals surface area (Å²) < 4.78 is 5.92. The summed E-state index contributed by atoms with van der Waals surface area (Å²) in [7, 11) is 0. The van der Waals surface area contributed by atoms with E-state index in [1.54, 1.807) is 0 Å². The molecule has 0 aliphatic heterocycles. The van der Waals surface area contributed by atoms with Gasteiger partial charge in [-0.15, -0.1) is 0 Å². The Bertz CT molecular complexity index is 598. The summed E-state index contributed by atoms with van der Waals surface area (Å²) >= 11 is 6.22.